The van der Waals surface area contributed by atoms with E-state index in [1.165, 1.54) is 7.11 Å². The van der Waals surface area contributed by atoms with E-state index in [1.54, 1.807) is 11.9 Å². The summed E-state index contributed by atoms with van der Waals surface area (Å²) < 4.78 is 10.4. The predicted octanol–water partition coefficient (Wildman–Crippen LogP) is 1.25. The molecule has 0 aromatic rings. The first-order chi connectivity index (χ1) is 14.1. The fourth-order valence-corrected chi connectivity index (χ4v) is 3.91. The molecule has 2 heterocycles. The van der Waals surface area contributed by atoms with Gasteiger partial charge in [-0.25, -0.2) is 4.79 Å². The fourth-order valence-electron chi connectivity index (χ4n) is 3.91. The summed E-state index contributed by atoms with van der Waals surface area (Å²) in [5.74, 6) is 0.834. The van der Waals surface area contributed by atoms with Crippen molar-refractivity contribution >= 4 is 18.0 Å². The number of nitrogens with zero attached hydrogens (tertiary/aromatic N) is 4. The lowest BCUT2D eigenvalue weighted by Crippen LogP contribution is -2.50. The first-order valence-electron chi connectivity index (χ1n) is 10.9. The summed E-state index contributed by atoms with van der Waals surface area (Å²) in [4.78, 5) is 34.7. The molecule has 2 fully saturated rings. The maximum Gasteiger partial charge on any atom is 0.410 e. The Balaban J connectivity index is 1.67. The number of guanidine groups is 1. The zero-order chi connectivity index (χ0) is 22.3. The highest BCUT2D eigenvalue weighted by Gasteiger charge is 2.36. The third kappa shape index (κ3) is 7.04. The molecule has 2 aliphatic rings. The molecule has 1 N–H and O–H groups in total. The zero-order valence-corrected chi connectivity index (χ0v) is 19.4. The minimum atomic E-state index is -0.456. The lowest BCUT2D eigenvalue weighted by molar-refractivity contribution is -0.146. The first kappa shape index (κ1) is 24.2. The van der Waals surface area contributed by atoms with Crippen LogP contribution in [-0.4, -0.2) is 105 Å². The van der Waals surface area contributed by atoms with Crippen molar-refractivity contribution < 1.29 is 19.1 Å². The van der Waals surface area contributed by atoms with Gasteiger partial charge in [0, 0.05) is 52.9 Å². The molecule has 2 atom stereocenters. The molecule has 0 saturated carbocycles. The molecular weight excluding hydrogens is 386 g/mol. The molecule has 1 amide bonds. The van der Waals surface area contributed by atoms with Gasteiger partial charge in [-0.2, -0.15) is 0 Å². The van der Waals surface area contributed by atoms with E-state index >= 15 is 0 Å². The first-order valence-corrected chi connectivity index (χ1v) is 10.9. The molecule has 9 heteroatoms. The van der Waals surface area contributed by atoms with Crippen LogP contribution in [0.2, 0.25) is 0 Å². The predicted molar refractivity (Wildman–Crippen MR) is 116 cm³/mol. The maximum absolute atomic E-state index is 12.2. The van der Waals surface area contributed by atoms with Crippen LogP contribution in [0.4, 0.5) is 4.79 Å². The number of ether oxygens (including phenoxy) is 2. The van der Waals surface area contributed by atoms with Gasteiger partial charge in [0.15, 0.2) is 5.96 Å². The number of nitrogens with one attached hydrogen (secondary N) is 1. The van der Waals surface area contributed by atoms with Crippen LogP contribution >= 0.6 is 0 Å². The Hall–Kier alpha value is -2.03. The molecule has 2 saturated heterocycles. The molecule has 2 unspecified atom stereocenters. The van der Waals surface area contributed by atoms with Gasteiger partial charge in [-0.15, -0.1) is 0 Å². The summed E-state index contributed by atoms with van der Waals surface area (Å²) in [7, 11) is 3.21. The monoisotopic (exact) mass is 425 g/mol. The number of carbonyl (C=O) groups is 2. The third-order valence-electron chi connectivity index (χ3n) is 5.59. The van der Waals surface area contributed by atoms with Gasteiger partial charge in [0.2, 0.25) is 0 Å². The minimum absolute atomic E-state index is 0.102. The lowest BCUT2D eigenvalue weighted by Gasteiger charge is -2.35. The number of methoxy groups -OCH3 is 1. The molecule has 2 aliphatic heterocycles. The number of hydrogen-bond donors (Lipinski definition) is 1. The molecule has 0 aliphatic carbocycles. The van der Waals surface area contributed by atoms with Crippen LogP contribution in [0.25, 0.3) is 0 Å². The Morgan fingerprint density at radius 2 is 1.77 bits per heavy atom. The normalized spacial score (nSPS) is 23.5. The second-order valence-corrected chi connectivity index (χ2v) is 9.15. The standard InChI is InChI=1S/C21H39N5O4/c1-16-14-26(15-17(16)18(27)29-6)19(22-5)23-8-7-9-24-10-12-25(13-11-24)20(28)30-21(2,3)4/h16-17H,7-15H2,1-6H3,(H,22,23). The molecule has 0 spiro atoms. The summed E-state index contributed by atoms with van der Waals surface area (Å²) >= 11 is 0. The van der Waals surface area contributed by atoms with E-state index in [4.69, 9.17) is 9.47 Å². The van der Waals surface area contributed by atoms with Crippen molar-refractivity contribution in [2.75, 3.05) is 66.5 Å². The number of rotatable bonds is 5. The van der Waals surface area contributed by atoms with E-state index < -0.39 is 5.60 Å². The van der Waals surface area contributed by atoms with Gasteiger partial charge in [-0.1, -0.05) is 6.92 Å². The van der Waals surface area contributed by atoms with Crippen molar-refractivity contribution in [3.8, 4) is 0 Å². The Labute approximate surface area is 180 Å². The third-order valence-corrected chi connectivity index (χ3v) is 5.59. The van der Waals surface area contributed by atoms with E-state index in [2.05, 4.69) is 27.0 Å². The number of carbonyl (C=O) groups excluding carboxylic acids is 2. The molecule has 172 valence electrons. The van der Waals surface area contributed by atoms with Crippen LogP contribution in [0.15, 0.2) is 4.99 Å². The highest BCUT2D eigenvalue weighted by Crippen LogP contribution is 2.24. The van der Waals surface area contributed by atoms with Crippen molar-refractivity contribution in [3.63, 3.8) is 0 Å². The highest BCUT2D eigenvalue weighted by atomic mass is 16.6. The molecule has 0 aromatic heterocycles. The van der Waals surface area contributed by atoms with Crippen LogP contribution < -0.4 is 5.32 Å². The second-order valence-electron chi connectivity index (χ2n) is 9.15. The number of amides is 1. The lowest BCUT2D eigenvalue weighted by atomic mass is 9.99. The summed E-state index contributed by atoms with van der Waals surface area (Å²) in [5.41, 5.74) is -0.456. The number of piperazine rings is 1. The van der Waals surface area contributed by atoms with E-state index in [-0.39, 0.29) is 23.9 Å². The average Bonchev–Trinajstić information content (AvgIpc) is 3.08. The SMILES string of the molecule is CN=C(NCCCN1CCN(C(=O)OC(C)(C)C)CC1)N1CC(C)C(C(=O)OC)C1. The fraction of sp³-hybridized carbons (Fsp3) is 0.857. The van der Waals surface area contributed by atoms with Gasteiger partial charge >= 0.3 is 12.1 Å². The Kier molecular flexibility index (Phi) is 8.76. The number of esters is 1. The molecule has 0 aromatic carbocycles. The molecule has 30 heavy (non-hydrogen) atoms. The van der Waals surface area contributed by atoms with Crippen LogP contribution in [0, 0.1) is 11.8 Å². The molecular formula is C21H39N5O4. The summed E-state index contributed by atoms with van der Waals surface area (Å²) in [6.45, 7) is 14.1. The summed E-state index contributed by atoms with van der Waals surface area (Å²) in [5, 5.41) is 3.41. The topological polar surface area (TPSA) is 86.7 Å². The quantitative estimate of drug-likeness (QED) is 0.307. The highest BCUT2D eigenvalue weighted by molar-refractivity contribution is 5.82. The largest absolute Gasteiger partial charge is 0.469 e. The van der Waals surface area contributed by atoms with Crippen LogP contribution in [0.3, 0.4) is 0 Å². The van der Waals surface area contributed by atoms with E-state index in [0.717, 1.165) is 45.1 Å². The Morgan fingerprint density at radius 1 is 1.10 bits per heavy atom. The van der Waals surface area contributed by atoms with Crippen LogP contribution in [0.1, 0.15) is 34.1 Å². The van der Waals surface area contributed by atoms with Gasteiger partial charge in [0.1, 0.15) is 5.60 Å². The Morgan fingerprint density at radius 3 is 2.33 bits per heavy atom. The van der Waals surface area contributed by atoms with E-state index in [9.17, 15) is 9.59 Å². The van der Waals surface area contributed by atoms with Crippen molar-refractivity contribution in [2.24, 2.45) is 16.8 Å². The molecule has 0 bridgehead atoms. The van der Waals surface area contributed by atoms with Crippen LogP contribution in [-0.2, 0) is 14.3 Å². The van der Waals surface area contributed by atoms with Gasteiger partial charge < -0.3 is 24.6 Å². The maximum atomic E-state index is 12.2. The zero-order valence-electron chi connectivity index (χ0n) is 19.4. The summed E-state index contributed by atoms with van der Waals surface area (Å²) in [6, 6.07) is 0. The molecule has 9 nitrogen and oxygen atoms in total. The van der Waals surface area contributed by atoms with Crippen molar-refractivity contribution in [2.45, 2.75) is 39.7 Å². The minimum Gasteiger partial charge on any atom is -0.469 e. The van der Waals surface area contributed by atoms with Gasteiger partial charge in [-0.3, -0.25) is 14.7 Å². The van der Waals surface area contributed by atoms with Gasteiger partial charge in [0.25, 0.3) is 0 Å². The number of aliphatic imine (C=N–C) groups is 1. The average molecular weight is 426 g/mol. The molecule has 2 rings (SSSR count). The van der Waals surface area contributed by atoms with Crippen molar-refractivity contribution in [1.29, 1.82) is 0 Å². The number of hydrogen-bond acceptors (Lipinski definition) is 6. The van der Waals surface area contributed by atoms with Gasteiger partial charge in [0.05, 0.1) is 13.0 Å². The van der Waals surface area contributed by atoms with E-state index in [1.807, 2.05) is 20.8 Å². The second kappa shape index (κ2) is 10.8. The van der Waals surface area contributed by atoms with Gasteiger partial charge in [-0.05, 0) is 39.7 Å². The van der Waals surface area contributed by atoms with Crippen molar-refractivity contribution in [3.05, 3.63) is 0 Å². The van der Waals surface area contributed by atoms with Crippen LogP contribution in [0.5, 0.6) is 0 Å². The smallest absolute Gasteiger partial charge is 0.410 e. The molecule has 0 radical (unpaired) electrons. The van der Waals surface area contributed by atoms with Crippen molar-refractivity contribution in [1.82, 2.24) is 20.0 Å². The Bertz CT molecular complexity index is 611. The summed E-state index contributed by atoms with van der Waals surface area (Å²) in [6.07, 6.45) is 0.757. The van der Waals surface area contributed by atoms with E-state index in [0.29, 0.717) is 19.6 Å². The number of likely N-dealkylation sites (tertiary alicyclic amines) is 1.